The minimum Gasteiger partial charge on any atom is -0.380 e. The van der Waals surface area contributed by atoms with Gasteiger partial charge in [0.05, 0.1) is 17.5 Å². The highest BCUT2D eigenvalue weighted by molar-refractivity contribution is 7.92. The summed E-state index contributed by atoms with van der Waals surface area (Å²) in [6.07, 6.45) is 2.93. The molecule has 0 spiro atoms. The standard InChI is InChI=1S/C18H19N3O2S/c1-13-6-5-8-15-17(10-11-19-18(13)15)20-12-14-7-3-4-9-16(14)21-24(2,22)23/h3-11,21H,12H2,1-2H3,(H,19,20). The van der Waals surface area contributed by atoms with Crippen molar-refractivity contribution in [2.75, 3.05) is 16.3 Å². The van der Waals surface area contributed by atoms with Gasteiger partial charge in [0.25, 0.3) is 0 Å². The van der Waals surface area contributed by atoms with E-state index in [0.717, 1.165) is 34.0 Å². The Kier molecular flexibility index (Phi) is 4.40. The van der Waals surface area contributed by atoms with Gasteiger partial charge in [-0.1, -0.05) is 36.4 Å². The first-order valence-electron chi connectivity index (χ1n) is 7.58. The molecule has 0 radical (unpaired) electrons. The zero-order valence-electron chi connectivity index (χ0n) is 13.6. The van der Waals surface area contributed by atoms with Gasteiger partial charge in [-0.05, 0) is 30.2 Å². The molecular weight excluding hydrogens is 322 g/mol. The number of nitrogens with zero attached hydrogens (tertiary/aromatic N) is 1. The van der Waals surface area contributed by atoms with E-state index in [-0.39, 0.29) is 0 Å². The molecule has 124 valence electrons. The Bertz CT molecular complexity index is 984. The van der Waals surface area contributed by atoms with Crippen LogP contribution in [0.2, 0.25) is 0 Å². The smallest absolute Gasteiger partial charge is 0.229 e. The molecule has 0 bridgehead atoms. The van der Waals surface area contributed by atoms with Crippen molar-refractivity contribution in [3.05, 3.63) is 65.9 Å². The number of rotatable bonds is 5. The van der Waals surface area contributed by atoms with Crippen molar-refractivity contribution in [2.45, 2.75) is 13.5 Å². The minimum absolute atomic E-state index is 0.506. The topological polar surface area (TPSA) is 71.1 Å². The first kappa shape index (κ1) is 16.3. The number of anilines is 2. The number of aromatic nitrogens is 1. The van der Waals surface area contributed by atoms with Crippen molar-refractivity contribution in [3.8, 4) is 0 Å². The Balaban J connectivity index is 1.89. The monoisotopic (exact) mass is 341 g/mol. The molecule has 1 heterocycles. The number of benzene rings is 2. The van der Waals surface area contributed by atoms with Crippen molar-refractivity contribution in [1.82, 2.24) is 4.98 Å². The second kappa shape index (κ2) is 6.49. The van der Waals surface area contributed by atoms with E-state index in [4.69, 9.17) is 0 Å². The van der Waals surface area contributed by atoms with Crippen molar-refractivity contribution in [2.24, 2.45) is 0 Å². The second-order valence-corrected chi connectivity index (χ2v) is 7.46. The molecule has 2 N–H and O–H groups in total. The van der Waals surface area contributed by atoms with Crippen LogP contribution in [-0.2, 0) is 16.6 Å². The third-order valence-electron chi connectivity index (χ3n) is 3.75. The largest absolute Gasteiger partial charge is 0.380 e. The summed E-state index contributed by atoms with van der Waals surface area (Å²) in [5, 5.41) is 4.43. The predicted molar refractivity (Wildman–Crippen MR) is 98.7 cm³/mol. The molecule has 0 aliphatic heterocycles. The molecule has 6 heteroatoms. The third kappa shape index (κ3) is 3.65. The molecule has 0 atom stereocenters. The summed E-state index contributed by atoms with van der Waals surface area (Å²) in [7, 11) is -3.31. The molecule has 0 unspecified atom stereocenters. The minimum atomic E-state index is -3.31. The summed E-state index contributed by atoms with van der Waals surface area (Å²) in [5.41, 5.74) is 4.51. The fraction of sp³-hybridized carbons (Fsp3) is 0.167. The lowest BCUT2D eigenvalue weighted by Crippen LogP contribution is -2.12. The summed E-state index contributed by atoms with van der Waals surface area (Å²) in [6, 6.07) is 15.3. The highest BCUT2D eigenvalue weighted by Gasteiger charge is 2.08. The molecule has 0 aliphatic rings. The maximum Gasteiger partial charge on any atom is 0.229 e. The number of hydrogen-bond acceptors (Lipinski definition) is 4. The van der Waals surface area contributed by atoms with Gasteiger partial charge < -0.3 is 5.32 Å². The highest BCUT2D eigenvalue weighted by Crippen LogP contribution is 2.25. The van der Waals surface area contributed by atoms with E-state index in [1.807, 2.05) is 49.4 Å². The van der Waals surface area contributed by atoms with Crippen LogP contribution in [0.3, 0.4) is 0 Å². The average molecular weight is 341 g/mol. The lowest BCUT2D eigenvalue weighted by atomic mass is 10.1. The second-order valence-electron chi connectivity index (χ2n) is 5.71. The summed E-state index contributed by atoms with van der Waals surface area (Å²) < 4.78 is 25.6. The molecule has 24 heavy (non-hydrogen) atoms. The Morgan fingerprint density at radius 1 is 1.00 bits per heavy atom. The first-order valence-corrected chi connectivity index (χ1v) is 9.47. The van der Waals surface area contributed by atoms with Gasteiger partial charge in [-0.3, -0.25) is 9.71 Å². The molecule has 0 aliphatic carbocycles. The van der Waals surface area contributed by atoms with E-state index in [1.165, 1.54) is 0 Å². The third-order valence-corrected chi connectivity index (χ3v) is 4.35. The Morgan fingerprint density at radius 2 is 1.79 bits per heavy atom. The van der Waals surface area contributed by atoms with Crippen LogP contribution < -0.4 is 10.0 Å². The lowest BCUT2D eigenvalue weighted by Gasteiger charge is -2.14. The molecule has 0 saturated heterocycles. The van der Waals surface area contributed by atoms with E-state index in [9.17, 15) is 8.42 Å². The van der Waals surface area contributed by atoms with Gasteiger partial charge in [-0.2, -0.15) is 0 Å². The molecular formula is C18H19N3O2S. The Labute approximate surface area is 141 Å². The maximum absolute atomic E-state index is 11.5. The van der Waals surface area contributed by atoms with Gasteiger partial charge in [0.2, 0.25) is 10.0 Å². The molecule has 0 amide bonds. The van der Waals surface area contributed by atoms with E-state index in [0.29, 0.717) is 12.2 Å². The number of para-hydroxylation sites is 2. The predicted octanol–water partition coefficient (Wildman–Crippen LogP) is 3.53. The van der Waals surface area contributed by atoms with Crippen LogP contribution in [0.1, 0.15) is 11.1 Å². The Hall–Kier alpha value is -2.60. The van der Waals surface area contributed by atoms with Crippen LogP contribution in [0, 0.1) is 6.92 Å². The van der Waals surface area contributed by atoms with E-state index >= 15 is 0 Å². The van der Waals surface area contributed by atoms with E-state index < -0.39 is 10.0 Å². The van der Waals surface area contributed by atoms with Crippen molar-refractivity contribution in [1.29, 1.82) is 0 Å². The maximum atomic E-state index is 11.5. The van der Waals surface area contributed by atoms with Gasteiger partial charge >= 0.3 is 0 Å². The molecule has 3 rings (SSSR count). The summed E-state index contributed by atoms with van der Waals surface area (Å²) in [5.74, 6) is 0. The van der Waals surface area contributed by atoms with Gasteiger partial charge in [-0.25, -0.2) is 8.42 Å². The molecule has 3 aromatic rings. The van der Waals surface area contributed by atoms with E-state index in [1.54, 1.807) is 12.3 Å². The van der Waals surface area contributed by atoms with Crippen molar-refractivity contribution < 1.29 is 8.42 Å². The van der Waals surface area contributed by atoms with Crippen LogP contribution in [0.4, 0.5) is 11.4 Å². The number of sulfonamides is 1. The molecule has 0 fully saturated rings. The number of pyridine rings is 1. The first-order chi connectivity index (χ1) is 11.4. The van der Waals surface area contributed by atoms with Crippen molar-refractivity contribution >= 4 is 32.3 Å². The van der Waals surface area contributed by atoms with Gasteiger partial charge in [-0.15, -0.1) is 0 Å². The van der Waals surface area contributed by atoms with Gasteiger partial charge in [0.1, 0.15) is 0 Å². The van der Waals surface area contributed by atoms with Crippen LogP contribution in [-0.4, -0.2) is 19.7 Å². The lowest BCUT2D eigenvalue weighted by molar-refractivity contribution is 0.606. The quantitative estimate of drug-likeness (QED) is 0.745. The van der Waals surface area contributed by atoms with Crippen LogP contribution in [0.5, 0.6) is 0 Å². The number of nitrogens with one attached hydrogen (secondary N) is 2. The van der Waals surface area contributed by atoms with Gasteiger partial charge in [0, 0.05) is 23.8 Å². The SMILES string of the molecule is Cc1cccc2c(NCc3ccccc3NS(C)(=O)=O)ccnc12. The number of aryl methyl sites for hydroxylation is 1. The average Bonchev–Trinajstić information content (AvgIpc) is 2.53. The fourth-order valence-electron chi connectivity index (χ4n) is 2.64. The molecule has 5 nitrogen and oxygen atoms in total. The van der Waals surface area contributed by atoms with E-state index in [2.05, 4.69) is 15.0 Å². The zero-order valence-corrected chi connectivity index (χ0v) is 14.4. The molecule has 0 saturated carbocycles. The highest BCUT2D eigenvalue weighted by atomic mass is 32.2. The van der Waals surface area contributed by atoms with Crippen LogP contribution >= 0.6 is 0 Å². The van der Waals surface area contributed by atoms with Gasteiger partial charge in [0.15, 0.2) is 0 Å². The summed E-state index contributed by atoms with van der Waals surface area (Å²) >= 11 is 0. The number of hydrogen-bond donors (Lipinski definition) is 2. The van der Waals surface area contributed by atoms with Crippen LogP contribution in [0.25, 0.3) is 10.9 Å². The normalized spacial score (nSPS) is 11.4. The van der Waals surface area contributed by atoms with Crippen LogP contribution in [0.15, 0.2) is 54.7 Å². The molecule has 2 aromatic carbocycles. The summed E-state index contributed by atoms with van der Waals surface area (Å²) in [4.78, 5) is 4.43. The fourth-order valence-corrected chi connectivity index (χ4v) is 3.24. The molecule has 1 aromatic heterocycles. The number of fused-ring (bicyclic) bond motifs is 1. The Morgan fingerprint density at radius 3 is 2.58 bits per heavy atom. The van der Waals surface area contributed by atoms with Crippen molar-refractivity contribution in [3.63, 3.8) is 0 Å². The summed E-state index contributed by atoms with van der Waals surface area (Å²) in [6.45, 7) is 2.54. The zero-order chi connectivity index (χ0) is 17.2.